The second kappa shape index (κ2) is 6.02. The maximum absolute atomic E-state index is 5.97. The van der Waals surface area contributed by atoms with Gasteiger partial charge in [0.2, 0.25) is 0 Å². The van der Waals surface area contributed by atoms with Crippen molar-refractivity contribution in [3.05, 3.63) is 12.4 Å². The lowest BCUT2D eigenvalue weighted by molar-refractivity contribution is 0.183. The van der Waals surface area contributed by atoms with E-state index < -0.39 is 0 Å². The SMILES string of the molecule is COCCn1cc(NC2CCCC(N)C2)cn1. The van der Waals surface area contributed by atoms with Gasteiger partial charge < -0.3 is 15.8 Å². The van der Waals surface area contributed by atoms with Gasteiger partial charge in [-0.3, -0.25) is 4.68 Å². The maximum Gasteiger partial charge on any atom is 0.0728 e. The van der Waals surface area contributed by atoms with Crippen LogP contribution in [0.25, 0.3) is 0 Å². The number of hydrogen-bond acceptors (Lipinski definition) is 4. The first-order valence-electron chi connectivity index (χ1n) is 6.31. The van der Waals surface area contributed by atoms with Crippen molar-refractivity contribution in [2.45, 2.75) is 44.3 Å². The van der Waals surface area contributed by atoms with Crippen LogP contribution in [-0.4, -0.2) is 35.6 Å². The number of aromatic nitrogens is 2. The van der Waals surface area contributed by atoms with E-state index in [1.165, 1.54) is 12.8 Å². The van der Waals surface area contributed by atoms with Gasteiger partial charge in [0.05, 0.1) is 25.0 Å². The van der Waals surface area contributed by atoms with Gasteiger partial charge in [-0.2, -0.15) is 5.10 Å². The first kappa shape index (κ1) is 12.4. The highest BCUT2D eigenvalue weighted by atomic mass is 16.5. The molecule has 0 amide bonds. The molecule has 0 spiro atoms. The zero-order valence-corrected chi connectivity index (χ0v) is 10.4. The number of nitrogens with zero attached hydrogens (tertiary/aromatic N) is 2. The smallest absolute Gasteiger partial charge is 0.0728 e. The summed E-state index contributed by atoms with van der Waals surface area (Å²) < 4.78 is 6.92. The number of rotatable bonds is 5. The normalized spacial score (nSPS) is 24.8. The molecule has 1 aromatic heterocycles. The lowest BCUT2D eigenvalue weighted by Crippen LogP contribution is -2.34. The fourth-order valence-corrected chi connectivity index (χ4v) is 2.34. The third-order valence-corrected chi connectivity index (χ3v) is 3.24. The zero-order chi connectivity index (χ0) is 12.1. The molecule has 0 aromatic carbocycles. The molecule has 1 fully saturated rings. The number of nitrogens with two attached hydrogens (primary N) is 1. The predicted octanol–water partition coefficient (Wildman–Crippen LogP) is 1.21. The number of hydrogen-bond donors (Lipinski definition) is 2. The van der Waals surface area contributed by atoms with E-state index in [-0.39, 0.29) is 0 Å². The van der Waals surface area contributed by atoms with Gasteiger partial charge in [0.25, 0.3) is 0 Å². The number of methoxy groups -OCH3 is 1. The van der Waals surface area contributed by atoms with Gasteiger partial charge in [-0.15, -0.1) is 0 Å². The zero-order valence-electron chi connectivity index (χ0n) is 10.4. The Bertz CT molecular complexity index is 339. The summed E-state index contributed by atoms with van der Waals surface area (Å²) in [6, 6.07) is 0.851. The summed E-state index contributed by atoms with van der Waals surface area (Å²) in [6.45, 7) is 1.48. The molecule has 0 saturated heterocycles. The second-order valence-electron chi connectivity index (χ2n) is 4.75. The van der Waals surface area contributed by atoms with E-state index in [1.54, 1.807) is 7.11 Å². The van der Waals surface area contributed by atoms with Crippen LogP contribution in [-0.2, 0) is 11.3 Å². The molecule has 0 aliphatic heterocycles. The van der Waals surface area contributed by atoms with Crippen LogP contribution < -0.4 is 11.1 Å². The van der Waals surface area contributed by atoms with E-state index in [0.717, 1.165) is 25.1 Å². The first-order chi connectivity index (χ1) is 8.28. The molecule has 1 heterocycles. The van der Waals surface area contributed by atoms with Gasteiger partial charge in [0, 0.05) is 25.4 Å². The van der Waals surface area contributed by atoms with Gasteiger partial charge in [-0.25, -0.2) is 0 Å². The van der Waals surface area contributed by atoms with Crippen molar-refractivity contribution >= 4 is 5.69 Å². The summed E-state index contributed by atoms with van der Waals surface area (Å²) in [5.41, 5.74) is 7.06. The van der Waals surface area contributed by atoms with E-state index in [9.17, 15) is 0 Å². The lowest BCUT2D eigenvalue weighted by Gasteiger charge is -2.27. The fraction of sp³-hybridized carbons (Fsp3) is 0.750. The van der Waals surface area contributed by atoms with E-state index >= 15 is 0 Å². The molecular weight excluding hydrogens is 216 g/mol. The summed E-state index contributed by atoms with van der Waals surface area (Å²) in [5, 5.41) is 7.79. The molecule has 1 aliphatic rings. The molecule has 5 heteroatoms. The second-order valence-corrected chi connectivity index (χ2v) is 4.75. The molecule has 2 unspecified atom stereocenters. The quantitative estimate of drug-likeness (QED) is 0.809. The minimum Gasteiger partial charge on any atom is -0.383 e. The Morgan fingerprint density at radius 3 is 3.24 bits per heavy atom. The van der Waals surface area contributed by atoms with Crippen LogP contribution in [0, 0.1) is 0 Å². The minimum atomic E-state index is 0.352. The van der Waals surface area contributed by atoms with E-state index in [1.807, 2.05) is 17.1 Å². The average molecular weight is 238 g/mol. The van der Waals surface area contributed by atoms with E-state index in [2.05, 4.69) is 10.4 Å². The van der Waals surface area contributed by atoms with Crippen LogP contribution in [0.15, 0.2) is 12.4 Å². The molecule has 1 saturated carbocycles. The Morgan fingerprint density at radius 2 is 2.47 bits per heavy atom. The summed E-state index contributed by atoms with van der Waals surface area (Å²) in [6.07, 6.45) is 8.54. The highest BCUT2D eigenvalue weighted by molar-refractivity contribution is 5.39. The van der Waals surface area contributed by atoms with Crippen molar-refractivity contribution in [2.75, 3.05) is 19.0 Å². The molecule has 0 radical (unpaired) electrons. The molecule has 3 N–H and O–H groups in total. The standard InChI is InChI=1S/C12H22N4O/c1-17-6-5-16-9-12(8-14-16)15-11-4-2-3-10(13)7-11/h8-11,15H,2-7,13H2,1H3. The van der Waals surface area contributed by atoms with Gasteiger partial charge in [-0.05, 0) is 25.7 Å². The number of ether oxygens (including phenoxy) is 1. The van der Waals surface area contributed by atoms with Crippen LogP contribution in [0.3, 0.4) is 0 Å². The summed E-state index contributed by atoms with van der Waals surface area (Å²) in [5.74, 6) is 0. The van der Waals surface area contributed by atoms with Gasteiger partial charge >= 0.3 is 0 Å². The molecule has 0 bridgehead atoms. The van der Waals surface area contributed by atoms with Crippen molar-refractivity contribution in [1.29, 1.82) is 0 Å². The lowest BCUT2D eigenvalue weighted by atomic mass is 9.91. The molecular formula is C12H22N4O. The third-order valence-electron chi connectivity index (χ3n) is 3.24. The molecule has 2 rings (SSSR count). The van der Waals surface area contributed by atoms with Gasteiger partial charge in [0.1, 0.15) is 0 Å². The van der Waals surface area contributed by atoms with Crippen molar-refractivity contribution < 1.29 is 4.74 Å². The number of anilines is 1. The van der Waals surface area contributed by atoms with Crippen LogP contribution in [0.1, 0.15) is 25.7 Å². The Balaban J connectivity index is 1.83. The Morgan fingerprint density at radius 1 is 1.59 bits per heavy atom. The molecule has 2 atom stereocenters. The highest BCUT2D eigenvalue weighted by Crippen LogP contribution is 2.20. The van der Waals surface area contributed by atoms with Gasteiger partial charge in [0.15, 0.2) is 0 Å². The molecule has 1 aromatic rings. The topological polar surface area (TPSA) is 65.1 Å². The third kappa shape index (κ3) is 3.71. The maximum atomic E-state index is 5.97. The largest absolute Gasteiger partial charge is 0.383 e. The molecule has 5 nitrogen and oxygen atoms in total. The highest BCUT2D eigenvalue weighted by Gasteiger charge is 2.19. The van der Waals surface area contributed by atoms with Crippen molar-refractivity contribution in [3.63, 3.8) is 0 Å². The number of nitrogens with one attached hydrogen (secondary N) is 1. The van der Waals surface area contributed by atoms with E-state index in [4.69, 9.17) is 10.5 Å². The van der Waals surface area contributed by atoms with Crippen LogP contribution in [0.2, 0.25) is 0 Å². The summed E-state index contributed by atoms with van der Waals surface area (Å²) in [7, 11) is 1.70. The summed E-state index contributed by atoms with van der Waals surface area (Å²) in [4.78, 5) is 0. The van der Waals surface area contributed by atoms with Gasteiger partial charge in [-0.1, -0.05) is 0 Å². The predicted molar refractivity (Wildman–Crippen MR) is 68.0 cm³/mol. The first-order valence-corrected chi connectivity index (χ1v) is 6.31. The van der Waals surface area contributed by atoms with Crippen LogP contribution in [0.4, 0.5) is 5.69 Å². The van der Waals surface area contributed by atoms with E-state index in [0.29, 0.717) is 18.7 Å². The van der Waals surface area contributed by atoms with Crippen LogP contribution in [0.5, 0.6) is 0 Å². The Kier molecular flexibility index (Phi) is 4.39. The molecule has 96 valence electrons. The fourth-order valence-electron chi connectivity index (χ4n) is 2.34. The van der Waals surface area contributed by atoms with Crippen molar-refractivity contribution in [2.24, 2.45) is 5.73 Å². The van der Waals surface area contributed by atoms with Crippen molar-refractivity contribution in [1.82, 2.24) is 9.78 Å². The van der Waals surface area contributed by atoms with Crippen molar-refractivity contribution in [3.8, 4) is 0 Å². The van der Waals surface area contributed by atoms with Crippen LogP contribution >= 0.6 is 0 Å². The summed E-state index contributed by atoms with van der Waals surface area (Å²) >= 11 is 0. The Labute approximate surface area is 102 Å². The average Bonchev–Trinajstić information content (AvgIpc) is 2.74. The Hall–Kier alpha value is -1.07. The monoisotopic (exact) mass is 238 g/mol. The molecule has 17 heavy (non-hydrogen) atoms. The molecule has 1 aliphatic carbocycles. The minimum absolute atomic E-state index is 0.352.